The lowest BCUT2D eigenvalue weighted by Crippen LogP contribution is -2.36. The van der Waals surface area contributed by atoms with Crippen LogP contribution in [0.2, 0.25) is 0 Å². The zero-order valence-corrected chi connectivity index (χ0v) is 14.0. The number of aliphatic hydroxyl groups is 1. The summed E-state index contributed by atoms with van der Waals surface area (Å²) in [7, 11) is 0. The average molecular weight is 341 g/mol. The molecule has 1 heterocycles. The number of nitriles is 1. The molecular weight excluding hydrogens is 321 g/mol. The normalized spacial score (nSPS) is 11.6. The van der Waals surface area contributed by atoms with Crippen LogP contribution in [0.5, 0.6) is 0 Å². The van der Waals surface area contributed by atoms with E-state index in [0.717, 1.165) is 6.42 Å². The topological polar surface area (TPSA) is 77.2 Å². The third-order valence-electron chi connectivity index (χ3n) is 3.82. The number of carbonyl (C=O) groups excluding carboxylic acids is 1. The van der Waals surface area contributed by atoms with Crippen LogP contribution >= 0.6 is 0 Å². The van der Waals surface area contributed by atoms with E-state index in [-0.39, 0.29) is 24.4 Å². The summed E-state index contributed by atoms with van der Waals surface area (Å²) >= 11 is 0. The fourth-order valence-electron chi connectivity index (χ4n) is 2.52. The molecular formula is C19H20FN3O2. The molecule has 0 saturated heterocycles. The minimum Gasteiger partial charge on any atom is -0.386 e. The first kappa shape index (κ1) is 18.6. The summed E-state index contributed by atoms with van der Waals surface area (Å²) < 4.78 is 13.7. The first-order chi connectivity index (χ1) is 12.0. The summed E-state index contributed by atoms with van der Waals surface area (Å²) in [6.07, 6.45) is 3.11. The highest BCUT2D eigenvalue weighted by Crippen LogP contribution is 2.15. The predicted octanol–water partition coefficient (Wildman–Crippen LogP) is 2.61. The Kier molecular flexibility index (Phi) is 6.61. The second-order valence-electron chi connectivity index (χ2n) is 5.74. The molecule has 6 heteroatoms. The number of aromatic nitrogens is 1. The van der Waals surface area contributed by atoms with E-state index in [1.165, 1.54) is 12.1 Å². The molecule has 1 aromatic carbocycles. The number of carbonyl (C=O) groups is 1. The van der Waals surface area contributed by atoms with Crippen LogP contribution in [0.4, 0.5) is 4.39 Å². The van der Waals surface area contributed by atoms with Crippen LogP contribution in [-0.4, -0.2) is 34.0 Å². The number of aliphatic hydroxyl groups excluding tert-OH is 1. The van der Waals surface area contributed by atoms with Gasteiger partial charge in [-0.2, -0.15) is 5.26 Å². The van der Waals surface area contributed by atoms with Crippen LogP contribution < -0.4 is 0 Å². The Morgan fingerprint density at radius 1 is 1.44 bits per heavy atom. The van der Waals surface area contributed by atoms with Gasteiger partial charge in [-0.3, -0.25) is 9.78 Å². The predicted molar refractivity (Wildman–Crippen MR) is 90.9 cm³/mol. The maximum Gasteiger partial charge on any atom is 0.227 e. The maximum absolute atomic E-state index is 13.7. The Balaban J connectivity index is 2.07. The number of rotatable bonds is 7. The van der Waals surface area contributed by atoms with Gasteiger partial charge in [-0.1, -0.05) is 19.1 Å². The Morgan fingerprint density at radius 3 is 2.84 bits per heavy atom. The zero-order chi connectivity index (χ0) is 18.2. The molecule has 0 fully saturated rings. The molecule has 0 bridgehead atoms. The summed E-state index contributed by atoms with van der Waals surface area (Å²) in [5.74, 6) is -0.834. The Morgan fingerprint density at radius 2 is 2.24 bits per heavy atom. The van der Waals surface area contributed by atoms with Crippen molar-refractivity contribution in [3.63, 3.8) is 0 Å². The van der Waals surface area contributed by atoms with Crippen molar-refractivity contribution in [1.82, 2.24) is 9.88 Å². The Bertz CT molecular complexity index is 759. The summed E-state index contributed by atoms with van der Waals surface area (Å²) in [6.45, 7) is 2.59. The van der Waals surface area contributed by atoms with E-state index in [9.17, 15) is 14.3 Å². The van der Waals surface area contributed by atoms with Crippen molar-refractivity contribution in [2.75, 3.05) is 13.1 Å². The molecule has 1 aromatic heterocycles. The van der Waals surface area contributed by atoms with Crippen LogP contribution in [0, 0.1) is 17.1 Å². The molecule has 0 unspecified atom stereocenters. The molecule has 5 nitrogen and oxygen atoms in total. The minimum absolute atomic E-state index is 0.0163. The van der Waals surface area contributed by atoms with Gasteiger partial charge in [0.05, 0.1) is 24.6 Å². The number of amides is 1. The van der Waals surface area contributed by atoms with Gasteiger partial charge in [0.15, 0.2) is 0 Å². The van der Waals surface area contributed by atoms with Gasteiger partial charge in [0.25, 0.3) is 0 Å². The highest BCUT2D eigenvalue weighted by atomic mass is 19.1. The van der Waals surface area contributed by atoms with E-state index in [1.807, 2.05) is 6.92 Å². The molecule has 0 radical (unpaired) electrons. The lowest BCUT2D eigenvalue weighted by Gasteiger charge is -2.25. The fraction of sp³-hybridized carbons (Fsp3) is 0.316. The van der Waals surface area contributed by atoms with Gasteiger partial charge < -0.3 is 10.0 Å². The number of nitrogens with zero attached hydrogens (tertiary/aromatic N) is 3. The highest BCUT2D eigenvalue weighted by molar-refractivity contribution is 5.78. The molecule has 0 saturated carbocycles. The molecule has 2 rings (SSSR count). The van der Waals surface area contributed by atoms with Crippen molar-refractivity contribution in [3.05, 3.63) is 65.2 Å². The molecule has 25 heavy (non-hydrogen) atoms. The second-order valence-corrected chi connectivity index (χ2v) is 5.74. The second kappa shape index (κ2) is 8.90. The Hall–Kier alpha value is -2.78. The lowest BCUT2D eigenvalue weighted by atomic mass is 10.1. The maximum atomic E-state index is 13.7. The fourth-order valence-corrected chi connectivity index (χ4v) is 2.52. The monoisotopic (exact) mass is 341 g/mol. The van der Waals surface area contributed by atoms with Crippen molar-refractivity contribution >= 4 is 5.91 Å². The average Bonchev–Trinajstić information content (AvgIpc) is 2.62. The highest BCUT2D eigenvalue weighted by Gasteiger charge is 2.19. The van der Waals surface area contributed by atoms with Crippen molar-refractivity contribution in [1.29, 1.82) is 5.26 Å². The molecule has 130 valence electrons. The molecule has 1 amide bonds. The third-order valence-corrected chi connectivity index (χ3v) is 3.82. The van der Waals surface area contributed by atoms with Crippen molar-refractivity contribution in [2.24, 2.45) is 0 Å². The third kappa shape index (κ3) is 5.10. The number of halogens is 1. The van der Waals surface area contributed by atoms with E-state index in [2.05, 4.69) is 4.98 Å². The van der Waals surface area contributed by atoms with E-state index in [4.69, 9.17) is 5.26 Å². The number of hydrogen-bond donors (Lipinski definition) is 1. The van der Waals surface area contributed by atoms with Crippen LogP contribution in [0.25, 0.3) is 0 Å². The summed E-state index contributed by atoms with van der Waals surface area (Å²) in [5.41, 5.74) is 1.09. The van der Waals surface area contributed by atoms with E-state index in [0.29, 0.717) is 17.7 Å². The molecule has 0 aliphatic carbocycles. The van der Waals surface area contributed by atoms with Crippen LogP contribution in [0.3, 0.4) is 0 Å². The van der Waals surface area contributed by atoms with Gasteiger partial charge in [0.2, 0.25) is 5.91 Å². The van der Waals surface area contributed by atoms with Gasteiger partial charge >= 0.3 is 0 Å². The van der Waals surface area contributed by atoms with Gasteiger partial charge in [-0.05, 0) is 30.2 Å². The first-order valence-corrected chi connectivity index (χ1v) is 8.09. The summed E-state index contributed by atoms with van der Waals surface area (Å²) in [4.78, 5) is 18.1. The van der Waals surface area contributed by atoms with Crippen LogP contribution in [-0.2, 0) is 11.2 Å². The van der Waals surface area contributed by atoms with Crippen molar-refractivity contribution in [2.45, 2.75) is 25.9 Å². The first-order valence-electron chi connectivity index (χ1n) is 8.09. The summed E-state index contributed by atoms with van der Waals surface area (Å²) in [6, 6.07) is 9.38. The zero-order valence-electron chi connectivity index (χ0n) is 14.0. The molecule has 0 aliphatic rings. The standard InChI is InChI=1S/C19H20FN3O2/c1-2-8-23(13-18(24)16-4-3-7-22-12-16)19(25)10-14-5-6-15(11-21)17(20)9-14/h3-7,9,12,18,24H,2,8,10,13H2,1H3/t18-/m1/s1. The molecule has 2 aromatic rings. The van der Waals surface area contributed by atoms with Crippen molar-refractivity contribution < 1.29 is 14.3 Å². The van der Waals surface area contributed by atoms with Gasteiger partial charge in [-0.15, -0.1) is 0 Å². The number of benzene rings is 1. The number of pyridine rings is 1. The SMILES string of the molecule is CCCN(C[C@@H](O)c1cccnc1)C(=O)Cc1ccc(C#N)c(F)c1. The van der Waals surface area contributed by atoms with Gasteiger partial charge in [0, 0.05) is 24.5 Å². The van der Waals surface area contributed by atoms with E-state index in [1.54, 1.807) is 41.6 Å². The van der Waals surface area contributed by atoms with Crippen LogP contribution in [0.1, 0.15) is 36.1 Å². The van der Waals surface area contributed by atoms with Crippen LogP contribution in [0.15, 0.2) is 42.7 Å². The Labute approximate surface area is 146 Å². The van der Waals surface area contributed by atoms with Gasteiger partial charge in [-0.25, -0.2) is 4.39 Å². The minimum atomic E-state index is -0.832. The molecule has 0 aliphatic heterocycles. The largest absolute Gasteiger partial charge is 0.386 e. The molecule has 1 N–H and O–H groups in total. The number of hydrogen-bond acceptors (Lipinski definition) is 4. The van der Waals surface area contributed by atoms with Crippen molar-refractivity contribution in [3.8, 4) is 6.07 Å². The summed E-state index contributed by atoms with van der Waals surface area (Å²) in [5, 5.41) is 19.1. The van der Waals surface area contributed by atoms with Gasteiger partial charge in [0.1, 0.15) is 11.9 Å². The quantitative estimate of drug-likeness (QED) is 0.840. The molecule has 0 spiro atoms. The van der Waals surface area contributed by atoms with E-state index >= 15 is 0 Å². The van der Waals surface area contributed by atoms with E-state index < -0.39 is 11.9 Å². The smallest absolute Gasteiger partial charge is 0.227 e. The lowest BCUT2D eigenvalue weighted by molar-refractivity contribution is -0.132. The molecule has 1 atom stereocenters.